The van der Waals surface area contributed by atoms with Gasteiger partial charge in [0.25, 0.3) is 0 Å². The Hall–Kier alpha value is -2.58. The molecule has 152 valence electrons. The minimum atomic E-state index is 0.297. The smallest absolute Gasteiger partial charge is 0.230 e. The lowest BCUT2D eigenvalue weighted by Crippen LogP contribution is -2.31. The lowest BCUT2D eigenvalue weighted by molar-refractivity contribution is 0.0778. The average molecular weight is 394 g/mol. The van der Waals surface area contributed by atoms with E-state index in [2.05, 4.69) is 31.9 Å². The molecule has 0 atom stereocenters. The van der Waals surface area contributed by atoms with Crippen LogP contribution in [0.1, 0.15) is 52.9 Å². The predicted molar refractivity (Wildman–Crippen MR) is 106 cm³/mol. The van der Waals surface area contributed by atoms with Gasteiger partial charge in [0.1, 0.15) is 0 Å². The van der Waals surface area contributed by atoms with E-state index in [4.69, 9.17) is 14.2 Å². The van der Waals surface area contributed by atoms with Crippen molar-refractivity contribution >= 4 is 0 Å². The summed E-state index contributed by atoms with van der Waals surface area (Å²) in [5.74, 6) is 1.70. The molecule has 0 aliphatic carbocycles. The molecule has 3 aromatic heterocycles. The average Bonchev–Trinajstić information content (AvgIpc) is 3.38. The van der Waals surface area contributed by atoms with Gasteiger partial charge in [0.05, 0.1) is 12.0 Å². The monoisotopic (exact) mass is 394 g/mol. The molecule has 0 saturated carbocycles. The highest BCUT2D eigenvalue weighted by atomic mass is 16.5. The molecule has 0 spiro atoms. The number of fused-ring (bicyclic) bond motifs is 1. The second-order valence-electron chi connectivity index (χ2n) is 8.00. The zero-order chi connectivity index (χ0) is 19.8. The SMILES string of the molecule is Cc1ncc2c(c1-c1noc(C3CCOCC3)n1)CCN(Cc1nc[nH]c1C)C2. The van der Waals surface area contributed by atoms with Gasteiger partial charge in [-0.3, -0.25) is 9.88 Å². The molecule has 5 heterocycles. The van der Waals surface area contributed by atoms with Crippen LogP contribution in [0, 0.1) is 13.8 Å². The van der Waals surface area contributed by atoms with Crippen LogP contribution in [0.5, 0.6) is 0 Å². The topological polar surface area (TPSA) is 93.0 Å². The first-order valence-electron chi connectivity index (χ1n) is 10.3. The zero-order valence-corrected chi connectivity index (χ0v) is 16.9. The third kappa shape index (κ3) is 3.58. The van der Waals surface area contributed by atoms with Gasteiger partial charge in [-0.15, -0.1) is 0 Å². The first-order chi connectivity index (χ1) is 14.2. The third-order valence-corrected chi connectivity index (χ3v) is 6.08. The quantitative estimate of drug-likeness (QED) is 0.727. The normalized spacial score (nSPS) is 18.1. The third-order valence-electron chi connectivity index (χ3n) is 6.08. The molecule has 0 radical (unpaired) electrons. The van der Waals surface area contributed by atoms with Crippen molar-refractivity contribution < 1.29 is 9.26 Å². The number of rotatable bonds is 4. The molecule has 1 N–H and O–H groups in total. The van der Waals surface area contributed by atoms with Crippen molar-refractivity contribution in [3.63, 3.8) is 0 Å². The number of hydrogen-bond donors (Lipinski definition) is 1. The van der Waals surface area contributed by atoms with Crippen LogP contribution in [0.2, 0.25) is 0 Å². The molecule has 1 fully saturated rings. The molecular formula is C21H26N6O2. The van der Waals surface area contributed by atoms with E-state index in [0.717, 1.165) is 80.6 Å². The van der Waals surface area contributed by atoms with E-state index in [9.17, 15) is 0 Å². The van der Waals surface area contributed by atoms with E-state index >= 15 is 0 Å². The fourth-order valence-electron chi connectivity index (χ4n) is 4.35. The molecule has 8 heteroatoms. The fourth-order valence-corrected chi connectivity index (χ4v) is 4.35. The summed E-state index contributed by atoms with van der Waals surface area (Å²) in [6, 6.07) is 0. The Morgan fingerprint density at radius 3 is 2.86 bits per heavy atom. The van der Waals surface area contributed by atoms with Gasteiger partial charge >= 0.3 is 0 Å². The van der Waals surface area contributed by atoms with E-state index in [-0.39, 0.29) is 0 Å². The standard InChI is InChI=1S/C21H26N6O2/c1-13-18(24-12-23-13)11-27-6-3-17-16(10-27)9-22-14(2)19(17)20-25-21(29-26-20)15-4-7-28-8-5-15/h9,12,15H,3-8,10-11H2,1-2H3,(H,23,24). The lowest BCUT2D eigenvalue weighted by atomic mass is 9.94. The number of aromatic nitrogens is 5. The van der Waals surface area contributed by atoms with Crippen molar-refractivity contribution in [3.8, 4) is 11.4 Å². The van der Waals surface area contributed by atoms with Gasteiger partial charge in [0, 0.05) is 61.9 Å². The number of pyridine rings is 1. The Bertz CT molecular complexity index is 1000. The molecule has 5 rings (SSSR count). The summed E-state index contributed by atoms with van der Waals surface area (Å²) in [5.41, 5.74) is 6.77. The number of nitrogens with one attached hydrogen (secondary N) is 1. The summed E-state index contributed by atoms with van der Waals surface area (Å²) in [6.07, 6.45) is 6.58. The zero-order valence-electron chi connectivity index (χ0n) is 16.9. The van der Waals surface area contributed by atoms with E-state index in [1.165, 1.54) is 11.1 Å². The molecule has 3 aromatic rings. The first kappa shape index (κ1) is 18.4. The lowest BCUT2D eigenvalue weighted by Gasteiger charge is -2.29. The Morgan fingerprint density at radius 1 is 1.21 bits per heavy atom. The van der Waals surface area contributed by atoms with Crippen molar-refractivity contribution in [1.29, 1.82) is 0 Å². The Balaban J connectivity index is 1.40. The van der Waals surface area contributed by atoms with Crippen LogP contribution in [-0.4, -0.2) is 49.8 Å². The van der Waals surface area contributed by atoms with Crippen molar-refractivity contribution in [1.82, 2.24) is 30.0 Å². The largest absolute Gasteiger partial charge is 0.381 e. The maximum absolute atomic E-state index is 5.64. The van der Waals surface area contributed by atoms with Crippen LogP contribution in [0.15, 0.2) is 17.0 Å². The Morgan fingerprint density at radius 2 is 2.07 bits per heavy atom. The van der Waals surface area contributed by atoms with Gasteiger partial charge in [-0.05, 0) is 44.2 Å². The van der Waals surface area contributed by atoms with Gasteiger partial charge in [-0.1, -0.05) is 5.16 Å². The van der Waals surface area contributed by atoms with Crippen LogP contribution in [0.25, 0.3) is 11.4 Å². The van der Waals surface area contributed by atoms with E-state index in [0.29, 0.717) is 11.7 Å². The number of hydrogen-bond acceptors (Lipinski definition) is 7. The molecule has 0 aromatic carbocycles. The molecule has 8 nitrogen and oxygen atoms in total. The predicted octanol–water partition coefficient (Wildman–Crippen LogP) is 2.92. The molecule has 2 aliphatic heterocycles. The summed E-state index contributed by atoms with van der Waals surface area (Å²) in [7, 11) is 0. The molecule has 0 bridgehead atoms. The number of ether oxygens (including phenoxy) is 1. The van der Waals surface area contributed by atoms with Crippen molar-refractivity contribution in [2.75, 3.05) is 19.8 Å². The molecule has 0 unspecified atom stereocenters. The molecule has 1 saturated heterocycles. The number of aromatic amines is 1. The molecule has 0 amide bonds. The minimum absolute atomic E-state index is 0.297. The van der Waals surface area contributed by atoms with E-state index < -0.39 is 0 Å². The summed E-state index contributed by atoms with van der Waals surface area (Å²) in [6.45, 7) is 8.28. The minimum Gasteiger partial charge on any atom is -0.381 e. The van der Waals surface area contributed by atoms with Crippen LogP contribution in [0.3, 0.4) is 0 Å². The summed E-state index contributed by atoms with van der Waals surface area (Å²) < 4.78 is 11.1. The van der Waals surface area contributed by atoms with Crippen LogP contribution < -0.4 is 0 Å². The van der Waals surface area contributed by atoms with Crippen LogP contribution >= 0.6 is 0 Å². The summed E-state index contributed by atoms with van der Waals surface area (Å²) in [4.78, 5) is 19.4. The molecule has 29 heavy (non-hydrogen) atoms. The van der Waals surface area contributed by atoms with E-state index in [1.54, 1.807) is 6.33 Å². The summed E-state index contributed by atoms with van der Waals surface area (Å²) >= 11 is 0. The van der Waals surface area contributed by atoms with Gasteiger partial charge in [0.15, 0.2) is 0 Å². The second-order valence-corrected chi connectivity index (χ2v) is 8.00. The van der Waals surface area contributed by atoms with Gasteiger partial charge in [0.2, 0.25) is 11.7 Å². The fraction of sp³-hybridized carbons (Fsp3) is 0.524. The summed E-state index contributed by atoms with van der Waals surface area (Å²) in [5, 5.41) is 4.33. The number of H-pyrrole nitrogens is 1. The van der Waals surface area contributed by atoms with Crippen LogP contribution in [-0.2, 0) is 24.2 Å². The Labute approximate surface area is 169 Å². The number of imidazole rings is 1. The Kier molecular flexibility index (Phi) is 4.89. The highest BCUT2D eigenvalue weighted by Gasteiger charge is 2.27. The number of aryl methyl sites for hydroxylation is 2. The highest BCUT2D eigenvalue weighted by Crippen LogP contribution is 2.33. The first-order valence-corrected chi connectivity index (χ1v) is 10.3. The maximum Gasteiger partial charge on any atom is 0.230 e. The van der Waals surface area contributed by atoms with Gasteiger partial charge in [-0.25, -0.2) is 4.98 Å². The maximum atomic E-state index is 5.64. The van der Waals surface area contributed by atoms with Crippen molar-refractivity contribution in [2.24, 2.45) is 0 Å². The second kappa shape index (κ2) is 7.68. The van der Waals surface area contributed by atoms with Gasteiger partial charge < -0.3 is 14.2 Å². The highest BCUT2D eigenvalue weighted by molar-refractivity contribution is 5.64. The van der Waals surface area contributed by atoms with Crippen molar-refractivity contribution in [3.05, 3.63) is 46.6 Å². The molecular weight excluding hydrogens is 368 g/mol. The van der Waals surface area contributed by atoms with Gasteiger partial charge in [-0.2, -0.15) is 4.98 Å². The van der Waals surface area contributed by atoms with E-state index in [1.807, 2.05) is 13.1 Å². The van der Waals surface area contributed by atoms with Crippen molar-refractivity contribution in [2.45, 2.75) is 52.1 Å². The number of nitrogens with zero attached hydrogens (tertiary/aromatic N) is 5. The molecule has 2 aliphatic rings. The van der Waals surface area contributed by atoms with Crippen LogP contribution in [0.4, 0.5) is 0 Å².